The molecule has 0 aromatic rings. The van der Waals surface area contributed by atoms with E-state index in [1.807, 2.05) is 6.92 Å². The Morgan fingerprint density at radius 3 is 2.83 bits per heavy atom. The van der Waals surface area contributed by atoms with Crippen molar-refractivity contribution in [3.8, 4) is 0 Å². The summed E-state index contributed by atoms with van der Waals surface area (Å²) in [7, 11) is 0. The van der Waals surface area contributed by atoms with Crippen LogP contribution in [0.15, 0.2) is 0 Å². The quantitative estimate of drug-likeness (QED) is 0.386. The van der Waals surface area contributed by atoms with E-state index in [0.29, 0.717) is 6.54 Å². The fourth-order valence-corrected chi connectivity index (χ4v) is 1.63. The highest BCUT2D eigenvalue weighted by Gasteiger charge is 2.33. The summed E-state index contributed by atoms with van der Waals surface area (Å²) < 4.78 is 0. The van der Waals surface area contributed by atoms with E-state index in [1.54, 1.807) is 5.48 Å². The van der Waals surface area contributed by atoms with Crippen LogP contribution in [0.25, 0.3) is 0 Å². The van der Waals surface area contributed by atoms with Crippen molar-refractivity contribution in [3.05, 3.63) is 0 Å². The SMILES string of the molecule is CC1CCCN(O)C1C(=O)NO. The Balaban J connectivity index is 2.62. The topological polar surface area (TPSA) is 72.8 Å². The van der Waals surface area contributed by atoms with Crippen molar-refractivity contribution in [3.63, 3.8) is 0 Å². The van der Waals surface area contributed by atoms with Crippen molar-refractivity contribution >= 4 is 5.91 Å². The molecule has 1 saturated heterocycles. The largest absolute Gasteiger partial charge is 0.313 e. The molecule has 1 aliphatic rings. The maximum Gasteiger partial charge on any atom is 0.263 e. The van der Waals surface area contributed by atoms with E-state index in [-0.39, 0.29) is 5.92 Å². The van der Waals surface area contributed by atoms with Gasteiger partial charge in [0.2, 0.25) is 0 Å². The number of hydroxylamine groups is 3. The molecule has 2 atom stereocenters. The zero-order valence-corrected chi connectivity index (χ0v) is 7.03. The summed E-state index contributed by atoms with van der Waals surface area (Å²) >= 11 is 0. The lowest BCUT2D eigenvalue weighted by Gasteiger charge is -2.33. The van der Waals surface area contributed by atoms with Crippen LogP contribution in [-0.4, -0.2) is 34.0 Å². The minimum atomic E-state index is -0.608. The number of piperidine rings is 1. The zero-order valence-electron chi connectivity index (χ0n) is 7.03. The highest BCUT2D eigenvalue weighted by molar-refractivity contribution is 5.80. The van der Waals surface area contributed by atoms with Crippen LogP contribution in [-0.2, 0) is 4.79 Å². The fourth-order valence-electron chi connectivity index (χ4n) is 1.63. The lowest BCUT2D eigenvalue weighted by Crippen LogP contribution is -2.51. The van der Waals surface area contributed by atoms with E-state index < -0.39 is 11.9 Å². The summed E-state index contributed by atoms with van der Waals surface area (Å²) in [6.07, 6.45) is 1.78. The molecule has 0 bridgehead atoms. The molecule has 1 fully saturated rings. The second-order valence-electron chi connectivity index (χ2n) is 3.20. The van der Waals surface area contributed by atoms with Crippen molar-refractivity contribution < 1.29 is 15.2 Å². The van der Waals surface area contributed by atoms with Crippen LogP contribution in [0.3, 0.4) is 0 Å². The highest BCUT2D eigenvalue weighted by Crippen LogP contribution is 2.21. The first kappa shape index (κ1) is 9.44. The first-order chi connectivity index (χ1) is 5.66. The molecule has 1 heterocycles. The van der Waals surface area contributed by atoms with Gasteiger partial charge in [-0.15, -0.1) is 0 Å². The first-order valence-corrected chi connectivity index (χ1v) is 4.06. The molecule has 5 nitrogen and oxygen atoms in total. The number of hydrogen-bond acceptors (Lipinski definition) is 4. The minimum absolute atomic E-state index is 0.0795. The molecule has 0 aliphatic carbocycles. The number of amides is 1. The number of nitrogens with zero attached hydrogens (tertiary/aromatic N) is 1. The van der Waals surface area contributed by atoms with Crippen molar-refractivity contribution in [2.24, 2.45) is 5.92 Å². The van der Waals surface area contributed by atoms with E-state index in [0.717, 1.165) is 17.9 Å². The van der Waals surface area contributed by atoms with Crippen LogP contribution in [0, 0.1) is 5.92 Å². The van der Waals surface area contributed by atoms with Gasteiger partial charge in [0.25, 0.3) is 5.91 Å². The third-order valence-corrected chi connectivity index (χ3v) is 2.29. The second kappa shape index (κ2) is 3.84. The Bertz CT molecular complexity index is 164. The molecule has 0 radical (unpaired) electrons. The molecular formula is C7H14N2O3. The number of nitrogens with one attached hydrogen (secondary N) is 1. The molecule has 0 saturated carbocycles. The monoisotopic (exact) mass is 174 g/mol. The summed E-state index contributed by atoms with van der Waals surface area (Å²) in [4.78, 5) is 11.0. The standard InChI is InChI=1S/C7H14N2O3/c1-5-3-2-4-9(12)6(5)7(10)8-11/h5-6,11-12H,2-4H2,1H3,(H,8,10). The van der Waals surface area contributed by atoms with Gasteiger partial charge in [-0.05, 0) is 18.8 Å². The summed E-state index contributed by atoms with van der Waals surface area (Å²) in [5.74, 6) is -0.458. The van der Waals surface area contributed by atoms with Crippen LogP contribution in [0.2, 0.25) is 0 Å². The Morgan fingerprint density at radius 2 is 2.33 bits per heavy atom. The van der Waals surface area contributed by atoms with Crippen LogP contribution >= 0.6 is 0 Å². The van der Waals surface area contributed by atoms with Crippen LogP contribution < -0.4 is 5.48 Å². The average molecular weight is 174 g/mol. The molecule has 70 valence electrons. The van der Waals surface area contributed by atoms with Crippen LogP contribution in [0.1, 0.15) is 19.8 Å². The van der Waals surface area contributed by atoms with Gasteiger partial charge >= 0.3 is 0 Å². The molecule has 3 N–H and O–H groups in total. The number of carbonyl (C=O) groups excluding carboxylic acids is 1. The summed E-state index contributed by atoms with van der Waals surface area (Å²) in [6.45, 7) is 2.37. The van der Waals surface area contributed by atoms with E-state index in [4.69, 9.17) is 5.21 Å². The number of rotatable bonds is 1. The number of carbonyl (C=O) groups is 1. The Labute approximate surface area is 70.9 Å². The number of hydrogen-bond donors (Lipinski definition) is 3. The summed E-state index contributed by atoms with van der Waals surface area (Å²) in [5, 5.41) is 18.7. The van der Waals surface area contributed by atoms with Gasteiger partial charge < -0.3 is 5.21 Å². The van der Waals surface area contributed by atoms with E-state index in [9.17, 15) is 10.0 Å². The molecule has 1 aliphatic heterocycles. The smallest absolute Gasteiger partial charge is 0.263 e. The second-order valence-corrected chi connectivity index (χ2v) is 3.20. The Hall–Kier alpha value is -0.650. The van der Waals surface area contributed by atoms with Gasteiger partial charge in [0.15, 0.2) is 0 Å². The van der Waals surface area contributed by atoms with Gasteiger partial charge in [-0.3, -0.25) is 10.0 Å². The van der Waals surface area contributed by atoms with Crippen LogP contribution in [0.5, 0.6) is 0 Å². The van der Waals surface area contributed by atoms with Gasteiger partial charge in [-0.2, -0.15) is 5.06 Å². The Kier molecular flexibility index (Phi) is 3.02. The minimum Gasteiger partial charge on any atom is -0.313 e. The zero-order chi connectivity index (χ0) is 9.14. The lowest BCUT2D eigenvalue weighted by molar-refractivity contribution is -0.177. The summed E-state index contributed by atoms with van der Waals surface area (Å²) in [5.41, 5.74) is 1.55. The van der Waals surface area contributed by atoms with Crippen molar-refractivity contribution in [2.75, 3.05) is 6.54 Å². The van der Waals surface area contributed by atoms with Gasteiger partial charge in [0.1, 0.15) is 6.04 Å². The van der Waals surface area contributed by atoms with Crippen molar-refractivity contribution in [1.29, 1.82) is 0 Å². The maximum atomic E-state index is 11.0. The highest BCUT2D eigenvalue weighted by atomic mass is 16.5. The molecule has 12 heavy (non-hydrogen) atoms. The predicted octanol–water partition coefficient (Wildman–Crippen LogP) is -0.0185. The van der Waals surface area contributed by atoms with Gasteiger partial charge in [0, 0.05) is 6.54 Å². The molecular weight excluding hydrogens is 160 g/mol. The molecule has 0 aromatic heterocycles. The third-order valence-electron chi connectivity index (χ3n) is 2.29. The molecule has 0 aromatic carbocycles. The normalized spacial score (nSPS) is 31.6. The van der Waals surface area contributed by atoms with Gasteiger partial charge in [0.05, 0.1) is 0 Å². The molecule has 5 heteroatoms. The van der Waals surface area contributed by atoms with Crippen molar-refractivity contribution in [1.82, 2.24) is 10.5 Å². The van der Waals surface area contributed by atoms with E-state index in [1.165, 1.54) is 0 Å². The molecule has 2 unspecified atom stereocenters. The Morgan fingerprint density at radius 1 is 1.67 bits per heavy atom. The molecule has 1 amide bonds. The van der Waals surface area contributed by atoms with Crippen LogP contribution in [0.4, 0.5) is 0 Å². The summed E-state index contributed by atoms with van der Waals surface area (Å²) in [6, 6.07) is -0.608. The van der Waals surface area contributed by atoms with Crippen molar-refractivity contribution in [2.45, 2.75) is 25.8 Å². The lowest BCUT2D eigenvalue weighted by atomic mass is 9.92. The maximum absolute atomic E-state index is 11.0. The molecule has 0 spiro atoms. The molecule has 1 rings (SSSR count). The first-order valence-electron chi connectivity index (χ1n) is 4.06. The predicted molar refractivity (Wildman–Crippen MR) is 40.6 cm³/mol. The van der Waals surface area contributed by atoms with E-state index in [2.05, 4.69) is 0 Å². The van der Waals surface area contributed by atoms with Gasteiger partial charge in [-0.25, -0.2) is 5.48 Å². The van der Waals surface area contributed by atoms with E-state index >= 15 is 0 Å². The average Bonchev–Trinajstić information content (AvgIpc) is 2.03. The fraction of sp³-hybridized carbons (Fsp3) is 0.857. The third kappa shape index (κ3) is 1.74. The van der Waals surface area contributed by atoms with Gasteiger partial charge in [-0.1, -0.05) is 6.92 Å².